The molecule has 1 rings (SSSR count). The number of hydrogen-bond donors (Lipinski definition) is 1. The molecule has 0 aliphatic carbocycles. The molecule has 0 saturated carbocycles. The largest absolute Gasteiger partial charge is 0.390 e. The molecule has 0 aromatic heterocycles. The highest BCUT2D eigenvalue weighted by Crippen LogP contribution is 2.01. The van der Waals surface area contributed by atoms with Crippen molar-refractivity contribution in [1.29, 1.82) is 0 Å². The van der Waals surface area contributed by atoms with Crippen LogP contribution in [0.3, 0.4) is 0 Å². The SMILES string of the molecule is O=C1COCCN1CC(O)CBr. The van der Waals surface area contributed by atoms with E-state index in [4.69, 9.17) is 4.74 Å². The van der Waals surface area contributed by atoms with E-state index < -0.39 is 6.10 Å². The number of alkyl halides is 1. The summed E-state index contributed by atoms with van der Waals surface area (Å²) in [5.41, 5.74) is 0. The Morgan fingerprint density at radius 1 is 1.75 bits per heavy atom. The van der Waals surface area contributed by atoms with Crippen molar-refractivity contribution in [3.63, 3.8) is 0 Å². The van der Waals surface area contributed by atoms with Crippen molar-refractivity contribution in [2.75, 3.05) is 31.6 Å². The van der Waals surface area contributed by atoms with E-state index >= 15 is 0 Å². The van der Waals surface area contributed by atoms with E-state index in [1.165, 1.54) is 0 Å². The minimum absolute atomic E-state index is 0.0405. The molecule has 5 heteroatoms. The van der Waals surface area contributed by atoms with Gasteiger partial charge in [0.1, 0.15) is 6.61 Å². The van der Waals surface area contributed by atoms with Gasteiger partial charge in [-0.2, -0.15) is 0 Å². The zero-order chi connectivity index (χ0) is 8.97. The number of carbonyl (C=O) groups excluding carboxylic acids is 1. The molecule has 1 fully saturated rings. The molecule has 0 aromatic rings. The fraction of sp³-hybridized carbons (Fsp3) is 0.857. The minimum atomic E-state index is -0.480. The molecule has 4 nitrogen and oxygen atoms in total. The molecule has 0 aromatic carbocycles. The number of aliphatic hydroxyl groups excluding tert-OH is 1. The maximum atomic E-state index is 11.1. The Bertz CT molecular complexity index is 165. The molecule has 1 saturated heterocycles. The summed E-state index contributed by atoms with van der Waals surface area (Å²) >= 11 is 3.14. The lowest BCUT2D eigenvalue weighted by Crippen LogP contribution is -2.45. The average molecular weight is 238 g/mol. The fourth-order valence-electron chi connectivity index (χ4n) is 1.05. The van der Waals surface area contributed by atoms with Crippen LogP contribution < -0.4 is 0 Å². The van der Waals surface area contributed by atoms with E-state index in [0.717, 1.165) is 0 Å². The maximum Gasteiger partial charge on any atom is 0.248 e. The summed E-state index contributed by atoms with van der Waals surface area (Å²) in [6, 6.07) is 0. The van der Waals surface area contributed by atoms with E-state index in [1.54, 1.807) is 4.90 Å². The summed E-state index contributed by atoms with van der Waals surface area (Å²) in [4.78, 5) is 12.7. The van der Waals surface area contributed by atoms with Crippen LogP contribution in [0.15, 0.2) is 0 Å². The Kier molecular flexibility index (Phi) is 3.97. The summed E-state index contributed by atoms with van der Waals surface area (Å²) in [5, 5.41) is 9.74. The quantitative estimate of drug-likeness (QED) is 0.681. The summed E-state index contributed by atoms with van der Waals surface area (Å²) < 4.78 is 4.94. The van der Waals surface area contributed by atoms with Gasteiger partial charge in [0.15, 0.2) is 0 Å². The molecule has 1 unspecified atom stereocenters. The average Bonchev–Trinajstić information content (AvgIpc) is 2.09. The van der Waals surface area contributed by atoms with Gasteiger partial charge in [-0.25, -0.2) is 0 Å². The number of morpholine rings is 1. The predicted molar refractivity (Wildman–Crippen MR) is 47.2 cm³/mol. The molecule has 1 aliphatic rings. The van der Waals surface area contributed by atoms with Gasteiger partial charge < -0.3 is 14.7 Å². The second-order valence-electron chi connectivity index (χ2n) is 2.70. The first-order valence-electron chi connectivity index (χ1n) is 3.83. The predicted octanol–water partition coefficient (Wildman–Crippen LogP) is -0.399. The number of β-amino-alcohol motifs (C(OH)–C–C–N with tert-alkyl or cyclic N) is 1. The van der Waals surface area contributed by atoms with Gasteiger partial charge in [0.05, 0.1) is 12.7 Å². The number of ether oxygens (including phenoxy) is 1. The van der Waals surface area contributed by atoms with Crippen LogP contribution in [0.5, 0.6) is 0 Å². The smallest absolute Gasteiger partial charge is 0.248 e. The zero-order valence-corrected chi connectivity index (χ0v) is 8.29. The third kappa shape index (κ3) is 2.73. The van der Waals surface area contributed by atoms with Gasteiger partial charge >= 0.3 is 0 Å². The van der Waals surface area contributed by atoms with Crippen molar-refractivity contribution in [3.8, 4) is 0 Å². The van der Waals surface area contributed by atoms with E-state index in [9.17, 15) is 9.90 Å². The van der Waals surface area contributed by atoms with Crippen LogP contribution in [0, 0.1) is 0 Å². The van der Waals surface area contributed by atoms with Crippen molar-refractivity contribution in [1.82, 2.24) is 4.90 Å². The standard InChI is InChI=1S/C7H12BrNO3/c8-3-6(10)4-9-1-2-12-5-7(9)11/h6,10H,1-5H2. The molecular weight excluding hydrogens is 226 g/mol. The maximum absolute atomic E-state index is 11.1. The van der Waals surface area contributed by atoms with Gasteiger partial charge in [-0.1, -0.05) is 15.9 Å². The number of carbonyl (C=O) groups is 1. The summed E-state index contributed by atoms with van der Waals surface area (Å²) in [5.74, 6) is -0.0405. The molecule has 0 spiro atoms. The van der Waals surface area contributed by atoms with Crippen molar-refractivity contribution < 1.29 is 14.6 Å². The van der Waals surface area contributed by atoms with Crippen LogP contribution in [0.4, 0.5) is 0 Å². The lowest BCUT2D eigenvalue weighted by Gasteiger charge is -2.28. The van der Waals surface area contributed by atoms with E-state index in [0.29, 0.717) is 25.0 Å². The van der Waals surface area contributed by atoms with Crippen molar-refractivity contribution in [2.24, 2.45) is 0 Å². The number of nitrogens with zero attached hydrogens (tertiary/aromatic N) is 1. The molecule has 1 heterocycles. The highest BCUT2D eigenvalue weighted by molar-refractivity contribution is 9.09. The molecule has 1 aliphatic heterocycles. The minimum Gasteiger partial charge on any atom is -0.390 e. The normalized spacial score (nSPS) is 21.2. The van der Waals surface area contributed by atoms with Crippen LogP contribution in [0.2, 0.25) is 0 Å². The number of rotatable bonds is 3. The first kappa shape index (κ1) is 9.95. The molecule has 0 bridgehead atoms. The number of amides is 1. The molecule has 70 valence electrons. The van der Waals surface area contributed by atoms with E-state index in [1.807, 2.05) is 0 Å². The van der Waals surface area contributed by atoms with Gasteiger partial charge in [-0.15, -0.1) is 0 Å². The van der Waals surface area contributed by atoms with Crippen LogP contribution in [0.25, 0.3) is 0 Å². The van der Waals surface area contributed by atoms with Crippen LogP contribution in [-0.4, -0.2) is 53.7 Å². The first-order valence-corrected chi connectivity index (χ1v) is 4.95. The summed E-state index contributed by atoms with van der Waals surface area (Å²) in [6.07, 6.45) is -0.480. The van der Waals surface area contributed by atoms with E-state index in [-0.39, 0.29) is 12.5 Å². The van der Waals surface area contributed by atoms with Crippen molar-refractivity contribution in [2.45, 2.75) is 6.10 Å². The Balaban J connectivity index is 2.34. The van der Waals surface area contributed by atoms with Gasteiger partial charge in [0, 0.05) is 18.4 Å². The topological polar surface area (TPSA) is 49.8 Å². The number of halogens is 1. The molecular formula is C7H12BrNO3. The summed E-state index contributed by atoms with van der Waals surface area (Å²) in [6.45, 7) is 1.70. The van der Waals surface area contributed by atoms with Crippen molar-refractivity contribution >= 4 is 21.8 Å². The molecule has 1 atom stereocenters. The van der Waals surface area contributed by atoms with Gasteiger partial charge in [0.2, 0.25) is 5.91 Å². The van der Waals surface area contributed by atoms with Crippen LogP contribution in [0.1, 0.15) is 0 Å². The third-order valence-electron chi connectivity index (χ3n) is 1.69. The van der Waals surface area contributed by atoms with Gasteiger partial charge in [-0.3, -0.25) is 4.79 Å². The Hall–Kier alpha value is -0.130. The van der Waals surface area contributed by atoms with E-state index in [2.05, 4.69) is 15.9 Å². The lowest BCUT2D eigenvalue weighted by molar-refractivity contribution is -0.144. The third-order valence-corrected chi connectivity index (χ3v) is 2.44. The zero-order valence-electron chi connectivity index (χ0n) is 6.70. The lowest BCUT2D eigenvalue weighted by atomic mass is 10.3. The Morgan fingerprint density at radius 3 is 3.08 bits per heavy atom. The van der Waals surface area contributed by atoms with Crippen molar-refractivity contribution in [3.05, 3.63) is 0 Å². The fourth-order valence-corrected chi connectivity index (χ4v) is 1.25. The van der Waals surface area contributed by atoms with Gasteiger partial charge in [0.25, 0.3) is 0 Å². The number of hydrogen-bond acceptors (Lipinski definition) is 3. The molecule has 12 heavy (non-hydrogen) atoms. The molecule has 0 radical (unpaired) electrons. The second kappa shape index (κ2) is 4.79. The van der Waals surface area contributed by atoms with Crippen LogP contribution >= 0.6 is 15.9 Å². The Labute approximate surface area is 79.6 Å². The summed E-state index contributed by atoms with van der Waals surface area (Å²) in [7, 11) is 0. The molecule has 1 amide bonds. The van der Waals surface area contributed by atoms with Gasteiger partial charge in [-0.05, 0) is 0 Å². The van der Waals surface area contributed by atoms with Crippen LogP contribution in [-0.2, 0) is 9.53 Å². The molecule has 1 N–H and O–H groups in total. The highest BCUT2D eigenvalue weighted by Gasteiger charge is 2.20. The first-order chi connectivity index (χ1) is 5.74. The Morgan fingerprint density at radius 2 is 2.50 bits per heavy atom. The highest BCUT2D eigenvalue weighted by atomic mass is 79.9. The number of aliphatic hydroxyl groups is 1. The monoisotopic (exact) mass is 237 g/mol. The second-order valence-corrected chi connectivity index (χ2v) is 3.35.